The van der Waals surface area contributed by atoms with Gasteiger partial charge in [0.1, 0.15) is 0 Å². The van der Waals surface area contributed by atoms with E-state index < -0.39 is 26.2 Å². The molecule has 2 atom stereocenters. The van der Waals surface area contributed by atoms with Crippen molar-refractivity contribution in [3.63, 3.8) is 0 Å². The van der Waals surface area contributed by atoms with Gasteiger partial charge in [-0.05, 0) is 37.3 Å². The van der Waals surface area contributed by atoms with Crippen LogP contribution in [0.3, 0.4) is 0 Å². The fourth-order valence-corrected chi connectivity index (χ4v) is 3.39. The van der Waals surface area contributed by atoms with Gasteiger partial charge < -0.3 is 10.2 Å². The van der Waals surface area contributed by atoms with Gasteiger partial charge in [-0.1, -0.05) is 48.6 Å². The fraction of sp³-hybridized carbons (Fsp3) is 0.389. The van der Waals surface area contributed by atoms with Crippen LogP contribution in [0.25, 0.3) is 5.57 Å². The van der Waals surface area contributed by atoms with Crippen molar-refractivity contribution in [3.05, 3.63) is 54.1 Å². The Balaban J connectivity index is 2.11. The van der Waals surface area contributed by atoms with E-state index in [1.807, 2.05) is 36.4 Å². The van der Waals surface area contributed by atoms with Crippen LogP contribution in [-0.4, -0.2) is 41.2 Å². The third-order valence-corrected chi connectivity index (χ3v) is 6.68. The highest BCUT2D eigenvalue weighted by atomic mass is 32.2. The van der Waals surface area contributed by atoms with Crippen LogP contribution in [0.4, 0.5) is 0 Å². The molecule has 6 heteroatoms. The summed E-state index contributed by atoms with van der Waals surface area (Å²) in [7, 11) is -3.80. The summed E-state index contributed by atoms with van der Waals surface area (Å²) in [5.74, 6) is -1.39. The first-order valence-corrected chi connectivity index (χ1v) is 9.57. The topological polar surface area (TPSA) is 91.7 Å². The van der Waals surface area contributed by atoms with Crippen LogP contribution in [0.15, 0.2) is 48.6 Å². The third kappa shape index (κ3) is 3.76. The van der Waals surface area contributed by atoms with E-state index in [1.165, 1.54) is 6.92 Å². The molecule has 0 radical (unpaired) electrons. The minimum absolute atomic E-state index is 0.0535. The average molecular weight is 350 g/mol. The van der Waals surface area contributed by atoms with Gasteiger partial charge in [0.15, 0.2) is 14.6 Å². The molecule has 1 unspecified atom stereocenters. The second-order valence-electron chi connectivity index (χ2n) is 6.47. The Kier molecular flexibility index (Phi) is 5.01. The van der Waals surface area contributed by atoms with Gasteiger partial charge in [-0.15, -0.1) is 0 Å². The fourth-order valence-electron chi connectivity index (χ4n) is 2.60. The number of aliphatic carboxylic acids is 1. The lowest BCUT2D eigenvalue weighted by Gasteiger charge is -2.31. The van der Waals surface area contributed by atoms with Crippen molar-refractivity contribution < 1.29 is 23.4 Å². The molecule has 0 aromatic heterocycles. The van der Waals surface area contributed by atoms with E-state index in [-0.39, 0.29) is 12.8 Å². The molecule has 0 amide bonds. The number of carboxylic acid groups (broad SMARTS) is 1. The van der Waals surface area contributed by atoms with Crippen LogP contribution in [0.2, 0.25) is 0 Å². The first kappa shape index (κ1) is 18.4. The second kappa shape index (κ2) is 6.53. The molecule has 0 bridgehead atoms. The zero-order chi connectivity index (χ0) is 18.0. The molecular weight excluding hydrogens is 328 g/mol. The van der Waals surface area contributed by atoms with Crippen molar-refractivity contribution in [1.29, 1.82) is 0 Å². The zero-order valence-electron chi connectivity index (χ0n) is 13.8. The predicted octanol–water partition coefficient (Wildman–Crippen LogP) is 2.43. The van der Waals surface area contributed by atoms with E-state index in [0.717, 1.165) is 17.4 Å². The molecule has 1 aliphatic carbocycles. The van der Waals surface area contributed by atoms with Crippen LogP contribution in [0.1, 0.15) is 31.7 Å². The van der Waals surface area contributed by atoms with Crippen LogP contribution in [-0.2, 0) is 14.6 Å². The van der Waals surface area contributed by atoms with Crippen molar-refractivity contribution in [1.82, 2.24) is 0 Å². The van der Waals surface area contributed by atoms with Crippen molar-refractivity contribution in [2.24, 2.45) is 0 Å². The maximum Gasteiger partial charge on any atom is 0.324 e. The van der Waals surface area contributed by atoms with Crippen molar-refractivity contribution >= 4 is 21.4 Å². The zero-order valence-corrected chi connectivity index (χ0v) is 14.6. The minimum Gasteiger partial charge on any atom is -0.480 e. The highest BCUT2D eigenvalue weighted by molar-refractivity contribution is 7.92. The number of hydrogen-bond acceptors (Lipinski definition) is 4. The number of carboxylic acids is 1. The van der Waals surface area contributed by atoms with Crippen molar-refractivity contribution in [2.75, 3.05) is 6.26 Å². The molecule has 130 valence electrons. The molecule has 0 saturated carbocycles. The summed E-state index contributed by atoms with van der Waals surface area (Å²) >= 11 is 0. The number of allylic oxidation sites excluding steroid dienone is 2. The van der Waals surface area contributed by atoms with Crippen molar-refractivity contribution in [3.8, 4) is 0 Å². The number of aliphatic hydroxyl groups is 1. The molecule has 2 N–H and O–H groups in total. The Morgan fingerprint density at radius 2 is 1.92 bits per heavy atom. The SMILES string of the molecule is C[C@@](CCC1(O)C=CC(c2ccccc2)=CC1)(C(=O)O)S(C)(=O)=O. The van der Waals surface area contributed by atoms with Gasteiger partial charge >= 0.3 is 5.97 Å². The summed E-state index contributed by atoms with van der Waals surface area (Å²) in [4.78, 5) is 11.4. The Labute approximate surface area is 142 Å². The first-order valence-electron chi connectivity index (χ1n) is 7.68. The molecule has 0 aliphatic heterocycles. The number of sulfone groups is 1. The number of rotatable bonds is 6. The van der Waals surface area contributed by atoms with E-state index in [2.05, 4.69) is 0 Å². The van der Waals surface area contributed by atoms with E-state index in [9.17, 15) is 23.4 Å². The molecule has 5 nitrogen and oxygen atoms in total. The smallest absolute Gasteiger partial charge is 0.324 e. The second-order valence-corrected chi connectivity index (χ2v) is 8.92. The maximum absolute atomic E-state index is 11.8. The molecule has 24 heavy (non-hydrogen) atoms. The Morgan fingerprint density at radius 1 is 1.29 bits per heavy atom. The summed E-state index contributed by atoms with van der Waals surface area (Å²) in [5.41, 5.74) is 0.770. The van der Waals surface area contributed by atoms with Gasteiger partial charge in [-0.25, -0.2) is 8.42 Å². The molecule has 1 aromatic carbocycles. The summed E-state index contributed by atoms with van der Waals surface area (Å²) in [6.45, 7) is 1.19. The lowest BCUT2D eigenvalue weighted by molar-refractivity contribution is -0.140. The molecule has 0 spiro atoms. The highest BCUT2D eigenvalue weighted by Gasteiger charge is 2.45. The number of carbonyl (C=O) groups is 1. The summed E-state index contributed by atoms with van der Waals surface area (Å²) in [5, 5.41) is 19.9. The molecular formula is C18H22O5S. The van der Waals surface area contributed by atoms with Gasteiger partial charge in [0.05, 0.1) is 5.60 Å². The largest absolute Gasteiger partial charge is 0.480 e. The number of benzene rings is 1. The summed E-state index contributed by atoms with van der Waals surface area (Å²) in [6, 6.07) is 9.70. The average Bonchev–Trinajstić information content (AvgIpc) is 2.53. The summed E-state index contributed by atoms with van der Waals surface area (Å²) in [6.07, 6.45) is 6.42. The monoisotopic (exact) mass is 350 g/mol. The number of hydrogen-bond donors (Lipinski definition) is 2. The van der Waals surface area contributed by atoms with Crippen LogP contribution < -0.4 is 0 Å². The standard InChI is InChI=1S/C18H22O5S/c1-17(16(19)20,24(2,22)23)12-13-18(21)10-8-15(9-11-18)14-6-4-3-5-7-14/h3-10,21H,11-13H2,1-2H3,(H,19,20)/t17-,18?/m1/s1. The van der Waals surface area contributed by atoms with Crippen LogP contribution >= 0.6 is 0 Å². The Hall–Kier alpha value is -1.92. The lowest BCUT2D eigenvalue weighted by Crippen LogP contribution is -2.44. The van der Waals surface area contributed by atoms with Gasteiger partial charge in [-0.3, -0.25) is 4.79 Å². The minimum atomic E-state index is -3.80. The van der Waals surface area contributed by atoms with Gasteiger partial charge in [-0.2, -0.15) is 0 Å². The van der Waals surface area contributed by atoms with Crippen LogP contribution in [0, 0.1) is 0 Å². The lowest BCUT2D eigenvalue weighted by atomic mass is 9.84. The molecule has 0 heterocycles. The van der Waals surface area contributed by atoms with Gasteiger partial charge in [0, 0.05) is 6.26 Å². The maximum atomic E-state index is 11.8. The Morgan fingerprint density at radius 3 is 2.38 bits per heavy atom. The van der Waals surface area contributed by atoms with Gasteiger partial charge in [0.2, 0.25) is 0 Å². The van der Waals surface area contributed by atoms with Crippen molar-refractivity contribution in [2.45, 2.75) is 36.5 Å². The molecule has 1 aliphatic rings. The summed E-state index contributed by atoms with van der Waals surface area (Å²) < 4.78 is 21.7. The van der Waals surface area contributed by atoms with E-state index in [1.54, 1.807) is 12.2 Å². The van der Waals surface area contributed by atoms with E-state index >= 15 is 0 Å². The third-order valence-electron chi connectivity index (χ3n) is 4.66. The predicted molar refractivity (Wildman–Crippen MR) is 93.2 cm³/mol. The molecule has 1 aromatic rings. The van der Waals surface area contributed by atoms with Gasteiger partial charge in [0.25, 0.3) is 0 Å². The van der Waals surface area contributed by atoms with E-state index in [4.69, 9.17) is 0 Å². The van der Waals surface area contributed by atoms with Crippen LogP contribution in [0.5, 0.6) is 0 Å². The van der Waals surface area contributed by atoms with E-state index in [0.29, 0.717) is 6.42 Å². The highest BCUT2D eigenvalue weighted by Crippen LogP contribution is 2.33. The quantitative estimate of drug-likeness (QED) is 0.822. The molecule has 0 fully saturated rings. The molecule has 2 rings (SSSR count). The Bertz CT molecular complexity index is 779. The first-order chi connectivity index (χ1) is 11.1. The molecule has 0 saturated heterocycles. The normalized spacial score (nSPS) is 23.4.